The van der Waals surface area contributed by atoms with Gasteiger partial charge in [0.15, 0.2) is 0 Å². The van der Waals surface area contributed by atoms with Crippen molar-refractivity contribution < 1.29 is 14.6 Å². The van der Waals surface area contributed by atoms with Gasteiger partial charge in [-0.1, -0.05) is 42.5 Å². The quantitative estimate of drug-likeness (QED) is 0.661. The SMILES string of the molecule is CN(C)C1(c2ccccc2)CCN(Cc2cccc(O[C@@H]3CN[C@H](CC(=O)O)C3)c2)CC1. The van der Waals surface area contributed by atoms with Crippen LogP contribution in [0.2, 0.25) is 0 Å². The molecule has 172 valence electrons. The van der Waals surface area contributed by atoms with Crippen LogP contribution in [0.25, 0.3) is 0 Å². The number of carboxylic acids is 1. The van der Waals surface area contributed by atoms with Crippen molar-refractivity contribution >= 4 is 5.97 Å². The zero-order valence-corrected chi connectivity index (χ0v) is 19.2. The molecule has 2 aromatic rings. The van der Waals surface area contributed by atoms with Gasteiger partial charge in [-0.15, -0.1) is 0 Å². The maximum absolute atomic E-state index is 10.9. The van der Waals surface area contributed by atoms with Crippen molar-refractivity contribution in [1.82, 2.24) is 15.1 Å². The molecule has 2 atom stereocenters. The Labute approximate surface area is 191 Å². The Hall–Kier alpha value is -2.41. The monoisotopic (exact) mass is 437 g/mol. The second-order valence-corrected chi connectivity index (χ2v) is 9.39. The number of carbonyl (C=O) groups is 1. The molecule has 0 saturated carbocycles. The molecule has 2 aromatic carbocycles. The van der Waals surface area contributed by atoms with E-state index in [1.807, 2.05) is 6.07 Å². The lowest BCUT2D eigenvalue weighted by atomic mass is 9.79. The van der Waals surface area contributed by atoms with Crippen molar-refractivity contribution in [1.29, 1.82) is 0 Å². The normalized spacial score (nSPS) is 23.3. The number of carboxylic acid groups (broad SMARTS) is 1. The Bertz CT molecular complexity index is 894. The predicted octanol–water partition coefficient (Wildman–Crippen LogP) is 3.32. The number of benzene rings is 2. The van der Waals surface area contributed by atoms with Gasteiger partial charge in [0.25, 0.3) is 0 Å². The van der Waals surface area contributed by atoms with Crippen LogP contribution >= 0.6 is 0 Å². The van der Waals surface area contributed by atoms with Gasteiger partial charge in [0.1, 0.15) is 11.9 Å². The first kappa shape index (κ1) is 22.8. The first-order chi connectivity index (χ1) is 15.4. The molecule has 2 aliphatic rings. The molecule has 6 heteroatoms. The molecule has 0 unspecified atom stereocenters. The van der Waals surface area contributed by atoms with E-state index in [4.69, 9.17) is 9.84 Å². The average molecular weight is 438 g/mol. The Morgan fingerprint density at radius 3 is 2.59 bits per heavy atom. The second-order valence-electron chi connectivity index (χ2n) is 9.39. The third-order valence-electron chi connectivity index (χ3n) is 7.06. The van der Waals surface area contributed by atoms with Gasteiger partial charge < -0.3 is 15.2 Å². The van der Waals surface area contributed by atoms with Gasteiger partial charge in [-0.05, 0) is 50.2 Å². The summed E-state index contributed by atoms with van der Waals surface area (Å²) in [7, 11) is 4.39. The van der Waals surface area contributed by atoms with E-state index in [1.54, 1.807) is 0 Å². The van der Waals surface area contributed by atoms with Gasteiger partial charge in [-0.25, -0.2) is 0 Å². The molecular formula is C26H35N3O3. The molecule has 0 bridgehead atoms. The third kappa shape index (κ3) is 5.31. The van der Waals surface area contributed by atoms with Crippen molar-refractivity contribution in [2.75, 3.05) is 33.7 Å². The fourth-order valence-corrected chi connectivity index (χ4v) is 5.23. The van der Waals surface area contributed by atoms with Crippen LogP contribution in [0.15, 0.2) is 54.6 Å². The molecule has 2 saturated heterocycles. The molecule has 6 nitrogen and oxygen atoms in total. The van der Waals surface area contributed by atoms with Crippen molar-refractivity contribution in [3.63, 3.8) is 0 Å². The van der Waals surface area contributed by atoms with E-state index < -0.39 is 5.97 Å². The van der Waals surface area contributed by atoms with E-state index in [0.717, 1.165) is 44.6 Å². The number of rotatable bonds is 8. The highest BCUT2D eigenvalue weighted by atomic mass is 16.5. The van der Waals surface area contributed by atoms with E-state index in [1.165, 1.54) is 11.1 Å². The van der Waals surface area contributed by atoms with Crippen LogP contribution in [0, 0.1) is 0 Å². The second kappa shape index (κ2) is 10.0. The number of hydrogen-bond donors (Lipinski definition) is 2. The Morgan fingerprint density at radius 1 is 1.16 bits per heavy atom. The van der Waals surface area contributed by atoms with E-state index in [0.29, 0.717) is 6.54 Å². The minimum absolute atomic E-state index is 0.00406. The summed E-state index contributed by atoms with van der Waals surface area (Å²) >= 11 is 0. The molecule has 0 spiro atoms. The minimum Gasteiger partial charge on any atom is -0.489 e. The highest BCUT2D eigenvalue weighted by molar-refractivity contribution is 5.67. The molecule has 0 amide bonds. The summed E-state index contributed by atoms with van der Waals surface area (Å²) in [5, 5.41) is 12.2. The molecular weight excluding hydrogens is 402 g/mol. The number of likely N-dealkylation sites (tertiary alicyclic amines) is 1. The predicted molar refractivity (Wildman–Crippen MR) is 126 cm³/mol. The number of piperidine rings is 1. The van der Waals surface area contributed by atoms with Gasteiger partial charge in [-0.3, -0.25) is 14.6 Å². The van der Waals surface area contributed by atoms with Gasteiger partial charge in [-0.2, -0.15) is 0 Å². The van der Waals surface area contributed by atoms with E-state index >= 15 is 0 Å². The number of aliphatic carboxylic acids is 1. The van der Waals surface area contributed by atoms with Gasteiger partial charge >= 0.3 is 5.97 Å². The lowest BCUT2D eigenvalue weighted by Crippen LogP contribution is -2.50. The van der Waals surface area contributed by atoms with Crippen LogP contribution in [0.4, 0.5) is 0 Å². The van der Waals surface area contributed by atoms with Crippen LogP contribution in [0.3, 0.4) is 0 Å². The molecule has 0 aliphatic carbocycles. The summed E-state index contributed by atoms with van der Waals surface area (Å²) in [6, 6.07) is 19.2. The maximum atomic E-state index is 10.9. The van der Waals surface area contributed by atoms with Crippen LogP contribution < -0.4 is 10.1 Å². The van der Waals surface area contributed by atoms with E-state index in [-0.39, 0.29) is 24.1 Å². The first-order valence-corrected chi connectivity index (χ1v) is 11.6. The molecule has 2 fully saturated rings. The molecule has 0 radical (unpaired) electrons. The van der Waals surface area contributed by atoms with Crippen LogP contribution in [0.1, 0.15) is 36.8 Å². The Morgan fingerprint density at radius 2 is 1.91 bits per heavy atom. The zero-order chi connectivity index (χ0) is 22.6. The van der Waals surface area contributed by atoms with Crippen LogP contribution in [-0.2, 0) is 16.9 Å². The van der Waals surface area contributed by atoms with Crippen molar-refractivity contribution in [2.45, 2.75) is 49.9 Å². The maximum Gasteiger partial charge on any atom is 0.304 e. The summed E-state index contributed by atoms with van der Waals surface area (Å²) in [5.41, 5.74) is 2.77. The molecule has 2 heterocycles. The van der Waals surface area contributed by atoms with Crippen molar-refractivity contribution in [3.8, 4) is 5.75 Å². The Kier molecular flexibility index (Phi) is 7.13. The largest absolute Gasteiger partial charge is 0.489 e. The standard InChI is InChI=1S/C26H35N3O3/c1-28(2)26(21-8-4-3-5-9-21)11-13-29(14-12-26)19-20-7-6-10-23(15-20)32-24-16-22(27-18-24)17-25(30)31/h3-10,15,22,24,27H,11-14,16-19H2,1-2H3,(H,30,31)/t22-,24-/m0/s1. The lowest BCUT2D eigenvalue weighted by molar-refractivity contribution is -0.137. The Balaban J connectivity index is 1.33. The van der Waals surface area contributed by atoms with Crippen LogP contribution in [0.5, 0.6) is 5.75 Å². The summed E-state index contributed by atoms with van der Waals surface area (Å²) in [5.74, 6) is 0.103. The first-order valence-electron chi connectivity index (χ1n) is 11.6. The van der Waals surface area contributed by atoms with E-state index in [9.17, 15) is 4.79 Å². The van der Waals surface area contributed by atoms with E-state index in [2.05, 4.69) is 77.7 Å². The fraction of sp³-hybridized carbons (Fsp3) is 0.500. The number of nitrogens with one attached hydrogen (secondary N) is 1. The fourth-order valence-electron chi connectivity index (χ4n) is 5.23. The highest BCUT2D eigenvalue weighted by Crippen LogP contribution is 2.37. The summed E-state index contributed by atoms with van der Waals surface area (Å²) in [6.07, 6.45) is 3.12. The van der Waals surface area contributed by atoms with Gasteiger partial charge in [0.05, 0.1) is 6.42 Å². The molecule has 2 aliphatic heterocycles. The molecule has 2 N–H and O–H groups in total. The van der Waals surface area contributed by atoms with Gasteiger partial charge in [0, 0.05) is 44.2 Å². The summed E-state index contributed by atoms with van der Waals surface area (Å²) in [4.78, 5) is 15.8. The summed E-state index contributed by atoms with van der Waals surface area (Å²) < 4.78 is 6.16. The molecule has 4 rings (SSSR count). The molecule has 32 heavy (non-hydrogen) atoms. The number of ether oxygens (including phenoxy) is 1. The smallest absolute Gasteiger partial charge is 0.304 e. The number of hydrogen-bond acceptors (Lipinski definition) is 5. The van der Waals surface area contributed by atoms with Crippen LogP contribution in [-0.4, -0.2) is 66.8 Å². The number of nitrogens with zero attached hydrogens (tertiary/aromatic N) is 2. The topological polar surface area (TPSA) is 65.0 Å². The highest BCUT2D eigenvalue weighted by Gasteiger charge is 2.38. The third-order valence-corrected chi connectivity index (χ3v) is 7.06. The minimum atomic E-state index is -0.766. The van der Waals surface area contributed by atoms with Crippen molar-refractivity contribution in [3.05, 3.63) is 65.7 Å². The lowest BCUT2D eigenvalue weighted by Gasteiger charge is -2.46. The van der Waals surface area contributed by atoms with Gasteiger partial charge in [0.2, 0.25) is 0 Å². The summed E-state index contributed by atoms with van der Waals surface area (Å²) in [6.45, 7) is 3.73. The average Bonchev–Trinajstić information content (AvgIpc) is 3.21. The van der Waals surface area contributed by atoms with Crippen molar-refractivity contribution in [2.24, 2.45) is 0 Å². The molecule has 0 aromatic heterocycles. The zero-order valence-electron chi connectivity index (χ0n) is 19.2.